The number of nitrogens with one attached hydrogen (secondary N) is 1. The predicted octanol–water partition coefficient (Wildman–Crippen LogP) is 2.53. The third-order valence-electron chi connectivity index (χ3n) is 3.94. The minimum atomic E-state index is -0.110. The van der Waals surface area contributed by atoms with Crippen molar-refractivity contribution in [2.24, 2.45) is 0 Å². The van der Waals surface area contributed by atoms with Crippen LogP contribution in [0.25, 0.3) is 0 Å². The molecule has 0 unspecified atom stereocenters. The number of benzene rings is 2. The Balaban J connectivity index is 1.75. The summed E-state index contributed by atoms with van der Waals surface area (Å²) in [5.74, 6) is 0.440. The molecule has 3 rings (SSSR count). The van der Waals surface area contributed by atoms with Gasteiger partial charge in [-0.25, -0.2) is 0 Å². The second-order valence-corrected chi connectivity index (χ2v) is 5.58. The first-order chi connectivity index (χ1) is 11.0. The van der Waals surface area contributed by atoms with E-state index in [2.05, 4.69) is 5.32 Å². The molecule has 0 spiro atoms. The van der Waals surface area contributed by atoms with E-state index in [9.17, 15) is 9.59 Å². The summed E-state index contributed by atoms with van der Waals surface area (Å²) in [7, 11) is 1.70. The first-order valence-electron chi connectivity index (χ1n) is 7.42. The standard InChI is InChI=1S/C18H18N2O3/c1-12-5-3-4-6-13(12)9-17(21)19-14-7-8-16-15(10-14)20(2)18(22)11-23-16/h3-8,10H,9,11H2,1-2H3,(H,19,21). The highest BCUT2D eigenvalue weighted by molar-refractivity contribution is 5.99. The van der Waals surface area contributed by atoms with Gasteiger partial charge in [-0.05, 0) is 36.2 Å². The van der Waals surface area contributed by atoms with E-state index in [-0.39, 0.29) is 18.4 Å². The average molecular weight is 310 g/mol. The molecule has 2 aromatic carbocycles. The fraction of sp³-hybridized carbons (Fsp3) is 0.222. The van der Waals surface area contributed by atoms with Crippen molar-refractivity contribution >= 4 is 23.2 Å². The minimum Gasteiger partial charge on any atom is -0.482 e. The van der Waals surface area contributed by atoms with Gasteiger partial charge in [-0.15, -0.1) is 0 Å². The van der Waals surface area contributed by atoms with Gasteiger partial charge in [-0.3, -0.25) is 9.59 Å². The molecular weight excluding hydrogens is 292 g/mol. The van der Waals surface area contributed by atoms with Gasteiger partial charge in [0.2, 0.25) is 5.91 Å². The smallest absolute Gasteiger partial charge is 0.264 e. The third-order valence-corrected chi connectivity index (χ3v) is 3.94. The summed E-state index contributed by atoms with van der Waals surface area (Å²) in [6.07, 6.45) is 0.315. The molecule has 2 amide bonds. The Bertz CT molecular complexity index is 771. The minimum absolute atomic E-state index is 0.0441. The monoisotopic (exact) mass is 310 g/mol. The molecule has 0 saturated carbocycles. The number of carbonyl (C=O) groups is 2. The van der Waals surface area contributed by atoms with Crippen LogP contribution in [-0.4, -0.2) is 25.5 Å². The zero-order valence-electron chi connectivity index (χ0n) is 13.1. The highest BCUT2D eigenvalue weighted by Crippen LogP contribution is 2.33. The number of anilines is 2. The summed E-state index contributed by atoms with van der Waals surface area (Å²) in [6.45, 7) is 2.03. The Labute approximate surface area is 134 Å². The van der Waals surface area contributed by atoms with Crippen molar-refractivity contribution in [2.45, 2.75) is 13.3 Å². The lowest BCUT2D eigenvalue weighted by atomic mass is 10.1. The van der Waals surface area contributed by atoms with Crippen LogP contribution in [0.5, 0.6) is 5.75 Å². The molecule has 1 N–H and O–H groups in total. The molecule has 1 aliphatic rings. The molecule has 0 atom stereocenters. The van der Waals surface area contributed by atoms with Crippen LogP contribution in [0, 0.1) is 6.92 Å². The van der Waals surface area contributed by atoms with E-state index < -0.39 is 0 Å². The van der Waals surface area contributed by atoms with Gasteiger partial charge in [0, 0.05) is 12.7 Å². The van der Waals surface area contributed by atoms with E-state index in [1.54, 1.807) is 25.2 Å². The summed E-state index contributed by atoms with van der Waals surface area (Å²) in [6, 6.07) is 13.1. The lowest BCUT2D eigenvalue weighted by molar-refractivity contribution is -0.121. The number of hydrogen-bond acceptors (Lipinski definition) is 3. The van der Waals surface area contributed by atoms with Crippen molar-refractivity contribution in [3.05, 3.63) is 53.6 Å². The van der Waals surface area contributed by atoms with Crippen molar-refractivity contribution < 1.29 is 14.3 Å². The lowest BCUT2D eigenvalue weighted by Gasteiger charge is -2.26. The Morgan fingerprint density at radius 2 is 2.04 bits per heavy atom. The Morgan fingerprint density at radius 3 is 2.83 bits per heavy atom. The Kier molecular flexibility index (Phi) is 4.02. The predicted molar refractivity (Wildman–Crippen MR) is 88.9 cm³/mol. The molecule has 118 valence electrons. The molecule has 23 heavy (non-hydrogen) atoms. The molecule has 0 aromatic heterocycles. The number of amides is 2. The van der Waals surface area contributed by atoms with Gasteiger partial charge < -0.3 is 15.0 Å². The van der Waals surface area contributed by atoms with Crippen LogP contribution >= 0.6 is 0 Å². The largest absolute Gasteiger partial charge is 0.482 e. The fourth-order valence-corrected chi connectivity index (χ4v) is 2.54. The van der Waals surface area contributed by atoms with Crippen molar-refractivity contribution in [2.75, 3.05) is 23.9 Å². The molecule has 1 aliphatic heterocycles. The number of carbonyl (C=O) groups excluding carboxylic acids is 2. The van der Waals surface area contributed by atoms with E-state index in [4.69, 9.17) is 4.74 Å². The second-order valence-electron chi connectivity index (χ2n) is 5.58. The second kappa shape index (κ2) is 6.12. The number of likely N-dealkylation sites (N-methyl/N-ethyl adjacent to an activating group) is 1. The topological polar surface area (TPSA) is 58.6 Å². The Morgan fingerprint density at radius 1 is 1.26 bits per heavy atom. The summed E-state index contributed by atoms with van der Waals surface area (Å²) in [5, 5.41) is 2.87. The van der Waals surface area contributed by atoms with Crippen molar-refractivity contribution in [3.8, 4) is 5.75 Å². The number of nitrogens with zero attached hydrogens (tertiary/aromatic N) is 1. The molecule has 0 aliphatic carbocycles. The number of aryl methyl sites for hydroxylation is 1. The van der Waals surface area contributed by atoms with Crippen LogP contribution in [0.15, 0.2) is 42.5 Å². The molecule has 0 saturated heterocycles. The van der Waals surface area contributed by atoms with E-state index in [0.29, 0.717) is 23.5 Å². The number of rotatable bonds is 3. The van der Waals surface area contributed by atoms with Crippen molar-refractivity contribution in [3.63, 3.8) is 0 Å². The third kappa shape index (κ3) is 3.18. The number of ether oxygens (including phenoxy) is 1. The van der Waals surface area contributed by atoms with Gasteiger partial charge in [-0.2, -0.15) is 0 Å². The SMILES string of the molecule is Cc1ccccc1CC(=O)Nc1ccc2c(c1)N(C)C(=O)CO2. The zero-order valence-corrected chi connectivity index (χ0v) is 13.1. The van der Waals surface area contributed by atoms with Gasteiger partial charge in [0.25, 0.3) is 5.91 Å². The molecular formula is C18H18N2O3. The molecule has 2 aromatic rings. The number of fused-ring (bicyclic) bond motifs is 1. The van der Waals surface area contributed by atoms with Crippen LogP contribution in [0.3, 0.4) is 0 Å². The molecule has 5 heteroatoms. The molecule has 0 fully saturated rings. The Hall–Kier alpha value is -2.82. The van der Waals surface area contributed by atoms with Crippen LogP contribution < -0.4 is 15.0 Å². The maximum absolute atomic E-state index is 12.2. The maximum Gasteiger partial charge on any atom is 0.264 e. The summed E-state index contributed by atoms with van der Waals surface area (Å²) >= 11 is 0. The van der Waals surface area contributed by atoms with E-state index in [1.165, 1.54) is 4.90 Å². The van der Waals surface area contributed by atoms with E-state index in [0.717, 1.165) is 11.1 Å². The first kappa shape index (κ1) is 15.1. The highest BCUT2D eigenvalue weighted by Gasteiger charge is 2.22. The molecule has 0 bridgehead atoms. The van der Waals surface area contributed by atoms with Gasteiger partial charge in [0.1, 0.15) is 5.75 Å². The lowest BCUT2D eigenvalue weighted by Crippen LogP contribution is -2.35. The quantitative estimate of drug-likeness (QED) is 0.948. The molecule has 0 radical (unpaired) electrons. The summed E-state index contributed by atoms with van der Waals surface area (Å²) in [4.78, 5) is 25.4. The zero-order chi connectivity index (χ0) is 16.4. The summed E-state index contributed by atoms with van der Waals surface area (Å²) in [5.41, 5.74) is 3.40. The summed E-state index contributed by atoms with van der Waals surface area (Å²) < 4.78 is 5.37. The van der Waals surface area contributed by atoms with E-state index >= 15 is 0 Å². The van der Waals surface area contributed by atoms with Crippen LogP contribution in [0.1, 0.15) is 11.1 Å². The van der Waals surface area contributed by atoms with E-state index in [1.807, 2.05) is 31.2 Å². The van der Waals surface area contributed by atoms with Crippen molar-refractivity contribution in [1.82, 2.24) is 0 Å². The van der Waals surface area contributed by atoms with Crippen LogP contribution in [0.2, 0.25) is 0 Å². The molecule has 5 nitrogen and oxygen atoms in total. The maximum atomic E-state index is 12.2. The van der Waals surface area contributed by atoms with Crippen molar-refractivity contribution in [1.29, 1.82) is 0 Å². The highest BCUT2D eigenvalue weighted by atomic mass is 16.5. The van der Waals surface area contributed by atoms with Gasteiger partial charge in [0.15, 0.2) is 6.61 Å². The molecule has 1 heterocycles. The van der Waals surface area contributed by atoms with Crippen LogP contribution in [0.4, 0.5) is 11.4 Å². The van der Waals surface area contributed by atoms with Gasteiger partial charge >= 0.3 is 0 Å². The average Bonchev–Trinajstić information content (AvgIpc) is 2.54. The fourth-order valence-electron chi connectivity index (χ4n) is 2.54. The number of hydrogen-bond donors (Lipinski definition) is 1. The van der Waals surface area contributed by atoms with Gasteiger partial charge in [0.05, 0.1) is 12.1 Å². The normalized spacial score (nSPS) is 13.3. The van der Waals surface area contributed by atoms with Gasteiger partial charge in [-0.1, -0.05) is 24.3 Å². The first-order valence-corrected chi connectivity index (χ1v) is 7.42. The van der Waals surface area contributed by atoms with Crippen LogP contribution in [-0.2, 0) is 16.0 Å².